The zero-order chi connectivity index (χ0) is 22.0. The van der Waals surface area contributed by atoms with Gasteiger partial charge in [0, 0.05) is 11.6 Å². The molecule has 1 N–H and O–H groups in total. The number of pyridine rings is 1. The van der Waals surface area contributed by atoms with Crippen molar-refractivity contribution < 1.29 is 13.5 Å². The van der Waals surface area contributed by atoms with Crippen LogP contribution in [0.2, 0.25) is 0 Å². The third-order valence-electron chi connectivity index (χ3n) is 10.2. The lowest BCUT2D eigenvalue weighted by Gasteiger charge is -2.60. The van der Waals surface area contributed by atoms with Crippen LogP contribution in [0.15, 0.2) is 17.1 Å². The standard InChI is InChI=1S/C25H37NO4S/c1-16-21(12-15-26(23(16)27)31(28)29)30-22-10-9-19-18-8-7-17-6-4-5-13-24(17,2)20(18)11-14-25(19,22)3/h12,15,17-20,22H,4-11,13-14H2,1-3H3,(H,28,29)/t17?,18-,19-,20+,22?,24-,25-/m0/s1. The summed E-state index contributed by atoms with van der Waals surface area (Å²) in [4.78, 5) is 12.5. The maximum atomic E-state index is 12.5. The number of fused-ring (bicyclic) bond motifs is 5. The lowest BCUT2D eigenvalue weighted by molar-refractivity contribution is -0.117. The van der Waals surface area contributed by atoms with Crippen LogP contribution in [-0.4, -0.2) is 18.8 Å². The molecule has 0 aliphatic heterocycles. The molecule has 8 atom stereocenters. The fourth-order valence-electron chi connectivity index (χ4n) is 8.44. The lowest BCUT2D eigenvalue weighted by atomic mass is 9.45. The van der Waals surface area contributed by atoms with Crippen molar-refractivity contribution in [3.05, 3.63) is 28.2 Å². The quantitative estimate of drug-likeness (QED) is 0.637. The van der Waals surface area contributed by atoms with Gasteiger partial charge in [-0.05, 0) is 93.4 Å². The van der Waals surface area contributed by atoms with Gasteiger partial charge in [0.15, 0.2) is 0 Å². The Morgan fingerprint density at radius 2 is 1.81 bits per heavy atom. The zero-order valence-electron chi connectivity index (χ0n) is 19.1. The molecule has 1 heterocycles. The van der Waals surface area contributed by atoms with Crippen LogP contribution in [0, 0.1) is 41.4 Å². The molecule has 31 heavy (non-hydrogen) atoms. The van der Waals surface area contributed by atoms with Crippen LogP contribution in [0.4, 0.5) is 0 Å². The van der Waals surface area contributed by atoms with E-state index in [-0.39, 0.29) is 11.5 Å². The van der Waals surface area contributed by atoms with Crippen LogP contribution in [0.5, 0.6) is 5.75 Å². The van der Waals surface area contributed by atoms with Gasteiger partial charge in [-0.3, -0.25) is 9.35 Å². The van der Waals surface area contributed by atoms with E-state index in [1.165, 1.54) is 64.0 Å². The molecular formula is C25H37NO4S. The molecule has 172 valence electrons. The van der Waals surface area contributed by atoms with Crippen LogP contribution in [0.1, 0.15) is 83.6 Å². The molecule has 0 saturated heterocycles. The van der Waals surface area contributed by atoms with Crippen molar-refractivity contribution in [1.82, 2.24) is 3.97 Å². The highest BCUT2D eigenvalue weighted by Crippen LogP contribution is 2.66. The molecule has 5 rings (SSSR count). The van der Waals surface area contributed by atoms with Crippen molar-refractivity contribution in [2.75, 3.05) is 0 Å². The Morgan fingerprint density at radius 1 is 1.03 bits per heavy atom. The predicted octanol–water partition coefficient (Wildman–Crippen LogP) is 5.32. The number of hydrogen-bond donors (Lipinski definition) is 1. The van der Waals surface area contributed by atoms with Gasteiger partial charge >= 0.3 is 0 Å². The third-order valence-corrected chi connectivity index (χ3v) is 10.8. The highest BCUT2D eigenvalue weighted by molar-refractivity contribution is 7.77. The highest BCUT2D eigenvalue weighted by atomic mass is 32.2. The van der Waals surface area contributed by atoms with Gasteiger partial charge in [-0.15, -0.1) is 0 Å². The molecule has 3 unspecified atom stereocenters. The Morgan fingerprint density at radius 3 is 2.58 bits per heavy atom. The largest absolute Gasteiger partial charge is 0.489 e. The van der Waals surface area contributed by atoms with E-state index in [1.54, 1.807) is 13.0 Å². The first kappa shape index (κ1) is 21.7. The Bertz CT molecular complexity index is 944. The lowest BCUT2D eigenvalue weighted by Crippen LogP contribution is -2.53. The molecule has 5 nitrogen and oxygen atoms in total. The normalized spacial score (nSPS) is 42.9. The van der Waals surface area contributed by atoms with Gasteiger partial charge in [-0.2, -0.15) is 0 Å². The minimum absolute atomic E-state index is 0.115. The van der Waals surface area contributed by atoms with E-state index in [4.69, 9.17) is 4.74 Å². The van der Waals surface area contributed by atoms with E-state index in [2.05, 4.69) is 13.8 Å². The van der Waals surface area contributed by atoms with Crippen LogP contribution in [0.25, 0.3) is 0 Å². The maximum absolute atomic E-state index is 12.5. The van der Waals surface area contributed by atoms with Gasteiger partial charge in [0.1, 0.15) is 11.9 Å². The zero-order valence-corrected chi connectivity index (χ0v) is 20.0. The smallest absolute Gasteiger partial charge is 0.270 e. The number of hydrogen-bond acceptors (Lipinski definition) is 3. The molecule has 0 radical (unpaired) electrons. The van der Waals surface area contributed by atoms with Crippen LogP contribution in [0.3, 0.4) is 0 Å². The second-order valence-corrected chi connectivity index (χ2v) is 12.2. The number of ether oxygens (including phenoxy) is 1. The summed E-state index contributed by atoms with van der Waals surface area (Å²) < 4.78 is 28.0. The molecule has 4 aliphatic rings. The Labute approximate surface area is 188 Å². The van der Waals surface area contributed by atoms with Crippen molar-refractivity contribution in [3.8, 4) is 5.75 Å². The van der Waals surface area contributed by atoms with Crippen molar-refractivity contribution in [2.45, 2.75) is 91.1 Å². The van der Waals surface area contributed by atoms with Crippen LogP contribution >= 0.6 is 0 Å². The SMILES string of the molecule is Cc1c(OC2CC[C@H]3[C@@H]4CCC5CCCC[C@]5(C)[C@@H]4CC[C@]23C)ccn(S(=O)O)c1=O. The first-order valence-corrected chi connectivity index (χ1v) is 13.3. The molecule has 0 aromatic carbocycles. The monoisotopic (exact) mass is 447 g/mol. The fourth-order valence-corrected chi connectivity index (χ4v) is 8.89. The molecule has 4 saturated carbocycles. The Balaban J connectivity index is 1.38. The summed E-state index contributed by atoms with van der Waals surface area (Å²) in [6, 6.07) is 1.68. The second kappa shape index (κ2) is 7.72. The van der Waals surface area contributed by atoms with E-state index in [9.17, 15) is 13.6 Å². The average Bonchev–Trinajstić information content (AvgIpc) is 3.07. The van der Waals surface area contributed by atoms with Gasteiger partial charge < -0.3 is 4.74 Å². The fraction of sp³-hybridized carbons (Fsp3) is 0.800. The van der Waals surface area contributed by atoms with Crippen molar-refractivity contribution >= 4 is 11.3 Å². The van der Waals surface area contributed by atoms with E-state index < -0.39 is 16.8 Å². The predicted molar refractivity (Wildman–Crippen MR) is 122 cm³/mol. The molecule has 1 aromatic rings. The summed E-state index contributed by atoms with van der Waals surface area (Å²) in [6.07, 6.45) is 14.8. The van der Waals surface area contributed by atoms with E-state index in [1.807, 2.05) is 0 Å². The topological polar surface area (TPSA) is 68.5 Å². The van der Waals surface area contributed by atoms with Crippen molar-refractivity contribution in [2.24, 2.45) is 34.5 Å². The summed E-state index contributed by atoms with van der Waals surface area (Å²) in [6.45, 7) is 6.74. The van der Waals surface area contributed by atoms with Gasteiger partial charge in [-0.1, -0.05) is 26.7 Å². The summed E-state index contributed by atoms with van der Waals surface area (Å²) in [7, 11) is 0. The molecule has 4 fully saturated rings. The van der Waals surface area contributed by atoms with Crippen LogP contribution in [-0.2, 0) is 11.3 Å². The average molecular weight is 448 g/mol. The van der Waals surface area contributed by atoms with E-state index in [0.29, 0.717) is 22.6 Å². The molecular weight excluding hydrogens is 410 g/mol. The molecule has 0 amide bonds. The second-order valence-electron chi connectivity index (χ2n) is 11.3. The molecule has 4 aliphatic carbocycles. The molecule has 6 heteroatoms. The highest BCUT2D eigenvalue weighted by Gasteiger charge is 2.60. The maximum Gasteiger partial charge on any atom is 0.270 e. The van der Waals surface area contributed by atoms with Crippen LogP contribution < -0.4 is 10.3 Å². The minimum Gasteiger partial charge on any atom is -0.489 e. The van der Waals surface area contributed by atoms with E-state index >= 15 is 0 Å². The first-order valence-electron chi connectivity index (χ1n) is 12.3. The van der Waals surface area contributed by atoms with Gasteiger partial charge in [0.05, 0.1) is 5.56 Å². The number of nitrogens with zero attached hydrogens (tertiary/aromatic N) is 1. The molecule has 0 spiro atoms. The minimum atomic E-state index is -2.34. The first-order chi connectivity index (χ1) is 14.8. The van der Waals surface area contributed by atoms with Crippen molar-refractivity contribution in [1.29, 1.82) is 0 Å². The summed E-state index contributed by atoms with van der Waals surface area (Å²) in [5.74, 6) is 3.91. The summed E-state index contributed by atoms with van der Waals surface area (Å²) in [5.41, 5.74) is 0.661. The molecule has 0 bridgehead atoms. The third kappa shape index (κ3) is 3.26. The van der Waals surface area contributed by atoms with Gasteiger partial charge in [0.2, 0.25) is 0 Å². The van der Waals surface area contributed by atoms with Gasteiger partial charge in [-0.25, -0.2) is 8.18 Å². The van der Waals surface area contributed by atoms with Gasteiger partial charge in [0.25, 0.3) is 16.8 Å². The van der Waals surface area contributed by atoms with Crippen molar-refractivity contribution in [3.63, 3.8) is 0 Å². The molecule has 1 aromatic heterocycles. The number of aromatic nitrogens is 1. The number of rotatable bonds is 3. The Kier molecular flexibility index (Phi) is 5.40. The summed E-state index contributed by atoms with van der Waals surface area (Å²) >= 11 is -2.34. The van der Waals surface area contributed by atoms with E-state index in [0.717, 1.165) is 28.1 Å². The summed E-state index contributed by atoms with van der Waals surface area (Å²) in [5, 5.41) is 0. The Hall–Kier alpha value is -1.14.